The summed E-state index contributed by atoms with van der Waals surface area (Å²) in [4.78, 5) is 14.6. The van der Waals surface area contributed by atoms with Crippen LogP contribution in [0, 0.1) is 0 Å². The van der Waals surface area contributed by atoms with E-state index in [1.165, 1.54) is 22.5 Å². The fraction of sp³-hybridized carbons (Fsp3) is 0.350. The largest absolute Gasteiger partial charge is 0.490 e. The van der Waals surface area contributed by atoms with Crippen LogP contribution in [0.15, 0.2) is 47.4 Å². The second-order valence-electron chi connectivity index (χ2n) is 6.61. The third-order valence-corrected chi connectivity index (χ3v) is 7.31. The minimum absolute atomic E-state index is 0.0340. The lowest BCUT2D eigenvalue weighted by molar-refractivity contribution is 0.0691. The highest BCUT2D eigenvalue weighted by Gasteiger charge is 2.32. The van der Waals surface area contributed by atoms with E-state index in [4.69, 9.17) is 32.7 Å². The number of piperazine rings is 1. The average molecular weight is 473 g/mol. The number of rotatable bonds is 7. The number of amides is 1. The Bertz CT molecular complexity index is 1010. The van der Waals surface area contributed by atoms with Gasteiger partial charge in [0, 0.05) is 38.3 Å². The zero-order chi connectivity index (χ0) is 21.7. The first kappa shape index (κ1) is 22.8. The molecule has 0 unspecified atom stereocenters. The van der Waals surface area contributed by atoms with Crippen LogP contribution >= 0.6 is 23.2 Å². The third kappa shape index (κ3) is 5.07. The van der Waals surface area contributed by atoms with Crippen molar-refractivity contribution in [1.29, 1.82) is 0 Å². The molecule has 162 valence electrons. The van der Waals surface area contributed by atoms with Crippen molar-refractivity contribution < 1.29 is 22.7 Å². The lowest BCUT2D eigenvalue weighted by Gasteiger charge is -2.34. The summed E-state index contributed by atoms with van der Waals surface area (Å²) < 4.78 is 37.8. The number of benzene rings is 2. The predicted octanol–water partition coefficient (Wildman–Crippen LogP) is 3.17. The van der Waals surface area contributed by atoms with Gasteiger partial charge in [0.1, 0.15) is 17.3 Å². The van der Waals surface area contributed by atoms with E-state index in [0.717, 1.165) is 0 Å². The molecule has 2 aromatic rings. The summed E-state index contributed by atoms with van der Waals surface area (Å²) in [6.45, 7) is 1.55. The van der Waals surface area contributed by atoms with Crippen molar-refractivity contribution in [1.82, 2.24) is 9.21 Å². The van der Waals surface area contributed by atoms with Crippen LogP contribution in [0.1, 0.15) is 10.4 Å². The van der Waals surface area contributed by atoms with Crippen LogP contribution in [0.25, 0.3) is 0 Å². The van der Waals surface area contributed by atoms with Gasteiger partial charge in [-0.1, -0.05) is 35.3 Å². The van der Waals surface area contributed by atoms with Crippen molar-refractivity contribution in [2.45, 2.75) is 4.90 Å². The van der Waals surface area contributed by atoms with Gasteiger partial charge in [-0.3, -0.25) is 4.79 Å². The molecular weight excluding hydrogens is 451 g/mol. The van der Waals surface area contributed by atoms with Gasteiger partial charge in [0.25, 0.3) is 5.91 Å². The van der Waals surface area contributed by atoms with Crippen LogP contribution in [0.4, 0.5) is 0 Å². The first-order chi connectivity index (χ1) is 14.3. The average Bonchev–Trinajstić information content (AvgIpc) is 2.75. The van der Waals surface area contributed by atoms with Crippen molar-refractivity contribution in [3.8, 4) is 5.75 Å². The number of nitrogens with zero attached hydrogens (tertiary/aromatic N) is 2. The van der Waals surface area contributed by atoms with Crippen LogP contribution in [0.3, 0.4) is 0 Å². The summed E-state index contributed by atoms with van der Waals surface area (Å²) >= 11 is 12.0. The number of carbonyl (C=O) groups excluding carboxylic acids is 1. The second kappa shape index (κ2) is 9.98. The van der Waals surface area contributed by atoms with E-state index in [1.807, 2.05) is 0 Å². The van der Waals surface area contributed by atoms with E-state index < -0.39 is 10.0 Å². The van der Waals surface area contributed by atoms with Crippen molar-refractivity contribution in [3.63, 3.8) is 0 Å². The number of carbonyl (C=O) groups is 1. The molecule has 3 rings (SSSR count). The third-order valence-electron chi connectivity index (χ3n) is 4.70. The van der Waals surface area contributed by atoms with Crippen molar-refractivity contribution in [2.75, 3.05) is 46.5 Å². The van der Waals surface area contributed by atoms with Gasteiger partial charge in [-0.15, -0.1) is 0 Å². The number of hydrogen-bond acceptors (Lipinski definition) is 5. The maximum Gasteiger partial charge on any atom is 0.257 e. The molecule has 0 bridgehead atoms. The molecule has 1 amide bonds. The lowest BCUT2D eigenvalue weighted by Crippen LogP contribution is -2.50. The molecule has 1 saturated heterocycles. The molecule has 1 aliphatic heterocycles. The van der Waals surface area contributed by atoms with E-state index >= 15 is 0 Å². The molecule has 0 radical (unpaired) electrons. The zero-order valence-corrected chi connectivity index (χ0v) is 18.7. The van der Waals surface area contributed by atoms with E-state index in [-0.39, 0.29) is 47.0 Å². The summed E-state index contributed by atoms with van der Waals surface area (Å²) in [6, 6.07) is 11.3. The summed E-state index contributed by atoms with van der Waals surface area (Å²) in [5, 5.41) is 0.400. The van der Waals surface area contributed by atoms with Gasteiger partial charge >= 0.3 is 0 Å². The van der Waals surface area contributed by atoms with Gasteiger partial charge in [0.2, 0.25) is 10.0 Å². The zero-order valence-electron chi connectivity index (χ0n) is 16.4. The molecule has 0 spiro atoms. The van der Waals surface area contributed by atoms with Crippen LogP contribution in [-0.4, -0.2) is 70.0 Å². The first-order valence-electron chi connectivity index (χ1n) is 9.30. The van der Waals surface area contributed by atoms with Crippen molar-refractivity contribution in [2.24, 2.45) is 0 Å². The van der Waals surface area contributed by atoms with E-state index in [2.05, 4.69) is 0 Å². The quantitative estimate of drug-likeness (QED) is 0.578. The van der Waals surface area contributed by atoms with E-state index in [1.54, 1.807) is 36.3 Å². The highest BCUT2D eigenvalue weighted by Crippen LogP contribution is 2.29. The molecule has 0 saturated carbocycles. The summed E-state index contributed by atoms with van der Waals surface area (Å²) in [5.41, 5.74) is 0.433. The summed E-state index contributed by atoms with van der Waals surface area (Å²) in [7, 11) is -2.24. The van der Waals surface area contributed by atoms with Crippen molar-refractivity contribution in [3.05, 3.63) is 58.1 Å². The number of sulfonamides is 1. The predicted molar refractivity (Wildman–Crippen MR) is 115 cm³/mol. The number of para-hydroxylation sites is 1. The normalized spacial score (nSPS) is 15.2. The van der Waals surface area contributed by atoms with Gasteiger partial charge in [-0.25, -0.2) is 8.42 Å². The van der Waals surface area contributed by atoms with E-state index in [0.29, 0.717) is 24.5 Å². The number of methoxy groups -OCH3 is 1. The number of halogens is 2. The molecule has 10 heteroatoms. The standard InChI is InChI=1S/C20H22Cl2N2O5S/c1-28-12-13-29-18-5-3-2-4-16(18)20(25)23-8-10-24(11-9-23)30(26,27)19-14-15(21)6-7-17(19)22/h2-7,14H,8-13H2,1H3. The molecule has 0 aromatic heterocycles. The first-order valence-corrected chi connectivity index (χ1v) is 11.5. The van der Waals surface area contributed by atoms with Gasteiger partial charge < -0.3 is 14.4 Å². The monoisotopic (exact) mass is 472 g/mol. The number of hydrogen-bond donors (Lipinski definition) is 0. The molecule has 1 fully saturated rings. The SMILES string of the molecule is COCCOc1ccccc1C(=O)N1CCN(S(=O)(=O)c2cc(Cl)ccc2Cl)CC1. The maximum absolute atomic E-state index is 13.0. The highest BCUT2D eigenvalue weighted by atomic mass is 35.5. The minimum atomic E-state index is -3.81. The molecule has 2 aromatic carbocycles. The second-order valence-corrected chi connectivity index (χ2v) is 9.36. The molecule has 0 atom stereocenters. The Labute approximate surface area is 186 Å². The van der Waals surface area contributed by atoms with Gasteiger partial charge in [0.15, 0.2) is 0 Å². The molecule has 0 N–H and O–H groups in total. The topological polar surface area (TPSA) is 76.2 Å². The fourth-order valence-corrected chi connectivity index (χ4v) is 5.28. The molecule has 0 aliphatic carbocycles. The summed E-state index contributed by atoms with van der Waals surface area (Å²) in [6.07, 6.45) is 0. The van der Waals surface area contributed by atoms with Crippen LogP contribution in [0.2, 0.25) is 10.0 Å². The van der Waals surface area contributed by atoms with Crippen LogP contribution in [-0.2, 0) is 14.8 Å². The Balaban J connectivity index is 1.70. The lowest BCUT2D eigenvalue weighted by atomic mass is 10.1. The Morgan fingerprint density at radius 1 is 1.03 bits per heavy atom. The minimum Gasteiger partial charge on any atom is -0.490 e. The molecule has 30 heavy (non-hydrogen) atoms. The smallest absolute Gasteiger partial charge is 0.257 e. The maximum atomic E-state index is 13.0. The van der Waals surface area contributed by atoms with Gasteiger partial charge in [-0.05, 0) is 30.3 Å². The fourth-order valence-electron chi connectivity index (χ4n) is 3.12. The van der Waals surface area contributed by atoms with E-state index in [9.17, 15) is 13.2 Å². The Morgan fingerprint density at radius 3 is 2.43 bits per heavy atom. The van der Waals surface area contributed by atoms with Crippen molar-refractivity contribution >= 4 is 39.1 Å². The van der Waals surface area contributed by atoms with Gasteiger partial charge in [-0.2, -0.15) is 4.31 Å². The Morgan fingerprint density at radius 2 is 1.73 bits per heavy atom. The Hall–Kier alpha value is -1.84. The molecule has 1 aliphatic rings. The molecule has 1 heterocycles. The van der Waals surface area contributed by atoms with Crippen LogP contribution < -0.4 is 4.74 Å². The highest BCUT2D eigenvalue weighted by molar-refractivity contribution is 7.89. The van der Waals surface area contributed by atoms with Gasteiger partial charge in [0.05, 0.1) is 17.2 Å². The Kier molecular flexibility index (Phi) is 7.60. The molecular formula is C20H22Cl2N2O5S. The van der Waals surface area contributed by atoms with Crippen LogP contribution in [0.5, 0.6) is 5.75 Å². The number of ether oxygens (including phenoxy) is 2. The molecule has 7 nitrogen and oxygen atoms in total. The summed E-state index contributed by atoms with van der Waals surface area (Å²) in [5.74, 6) is 0.265.